The predicted octanol–water partition coefficient (Wildman–Crippen LogP) is 1.27. The highest BCUT2D eigenvalue weighted by molar-refractivity contribution is 5.42. The van der Waals surface area contributed by atoms with Gasteiger partial charge in [0.1, 0.15) is 6.54 Å². The smallest absolute Gasteiger partial charge is 0.161 e. The van der Waals surface area contributed by atoms with Crippen LogP contribution in [0.5, 0.6) is 11.5 Å². The summed E-state index contributed by atoms with van der Waals surface area (Å²) in [4.78, 5) is 1.68. The lowest BCUT2D eigenvalue weighted by Crippen LogP contribution is -3.11. The van der Waals surface area contributed by atoms with Gasteiger partial charge >= 0.3 is 0 Å². The van der Waals surface area contributed by atoms with Crippen molar-refractivity contribution in [3.8, 4) is 11.5 Å². The number of hydrogen-bond donors (Lipinski definition) is 1. The van der Waals surface area contributed by atoms with Gasteiger partial charge in [-0.3, -0.25) is 0 Å². The molecule has 2 rings (SSSR count). The molecule has 3 nitrogen and oxygen atoms in total. The molecule has 1 aliphatic rings. The molecule has 1 fully saturated rings. The van der Waals surface area contributed by atoms with Crippen molar-refractivity contribution in [3.63, 3.8) is 0 Å². The Hall–Kier alpha value is -1.22. The maximum Gasteiger partial charge on any atom is 0.161 e. The number of ether oxygens (including phenoxy) is 2. The van der Waals surface area contributed by atoms with Crippen LogP contribution in [0.15, 0.2) is 18.2 Å². The lowest BCUT2D eigenvalue weighted by atomic mass is 10.1. The van der Waals surface area contributed by atoms with Crippen LogP contribution in [0.4, 0.5) is 0 Å². The van der Waals surface area contributed by atoms with E-state index in [1.165, 1.54) is 37.9 Å². The van der Waals surface area contributed by atoms with Crippen LogP contribution in [0.3, 0.4) is 0 Å². The van der Waals surface area contributed by atoms with E-state index >= 15 is 0 Å². The van der Waals surface area contributed by atoms with Gasteiger partial charge in [0.05, 0.1) is 27.3 Å². The molecule has 0 bridgehead atoms. The summed E-state index contributed by atoms with van der Waals surface area (Å²) < 4.78 is 10.6. The van der Waals surface area contributed by atoms with E-state index in [0.29, 0.717) is 0 Å². The molecule has 0 aliphatic carbocycles. The molecule has 0 unspecified atom stereocenters. The van der Waals surface area contributed by atoms with Crippen LogP contribution in [-0.2, 0) is 6.54 Å². The molecule has 1 N–H and O–H groups in total. The van der Waals surface area contributed by atoms with Crippen LogP contribution in [-0.4, -0.2) is 27.3 Å². The minimum atomic E-state index is 0.810. The van der Waals surface area contributed by atoms with E-state index in [2.05, 4.69) is 12.1 Å². The van der Waals surface area contributed by atoms with Gasteiger partial charge in [0.25, 0.3) is 0 Å². The Morgan fingerprint density at radius 2 is 1.71 bits per heavy atom. The van der Waals surface area contributed by atoms with Crippen molar-refractivity contribution in [3.05, 3.63) is 23.8 Å². The van der Waals surface area contributed by atoms with Crippen molar-refractivity contribution in [1.82, 2.24) is 0 Å². The number of methoxy groups -OCH3 is 2. The maximum absolute atomic E-state index is 5.33. The Kier molecular flexibility index (Phi) is 4.26. The van der Waals surface area contributed by atoms with Crippen molar-refractivity contribution in [2.75, 3.05) is 27.3 Å². The molecule has 0 aromatic heterocycles. The summed E-state index contributed by atoms with van der Waals surface area (Å²) in [5.74, 6) is 1.64. The van der Waals surface area contributed by atoms with E-state index < -0.39 is 0 Å². The molecule has 94 valence electrons. The summed E-state index contributed by atoms with van der Waals surface area (Å²) in [5.41, 5.74) is 1.33. The quantitative estimate of drug-likeness (QED) is 0.851. The van der Waals surface area contributed by atoms with Gasteiger partial charge in [-0.25, -0.2) is 0 Å². The van der Waals surface area contributed by atoms with Crippen molar-refractivity contribution < 1.29 is 14.4 Å². The first-order chi connectivity index (χ1) is 8.33. The van der Waals surface area contributed by atoms with Crippen LogP contribution in [0, 0.1) is 0 Å². The summed E-state index contributed by atoms with van der Waals surface area (Å²) >= 11 is 0. The van der Waals surface area contributed by atoms with E-state index in [1.54, 1.807) is 19.1 Å². The number of piperidine rings is 1. The molecule has 17 heavy (non-hydrogen) atoms. The van der Waals surface area contributed by atoms with Crippen LogP contribution < -0.4 is 14.4 Å². The highest BCUT2D eigenvalue weighted by Gasteiger charge is 2.14. The van der Waals surface area contributed by atoms with Crippen LogP contribution in [0.25, 0.3) is 0 Å². The second-order valence-electron chi connectivity index (χ2n) is 4.68. The average molecular weight is 236 g/mol. The fraction of sp³-hybridized carbons (Fsp3) is 0.571. The second kappa shape index (κ2) is 5.92. The van der Waals surface area contributed by atoms with Crippen molar-refractivity contribution in [1.29, 1.82) is 0 Å². The minimum absolute atomic E-state index is 0.810. The molecular weight excluding hydrogens is 214 g/mol. The molecule has 0 amide bonds. The number of hydrogen-bond acceptors (Lipinski definition) is 2. The molecule has 3 heteroatoms. The first-order valence-electron chi connectivity index (χ1n) is 6.38. The van der Waals surface area contributed by atoms with E-state index in [1.807, 2.05) is 6.07 Å². The Morgan fingerprint density at radius 3 is 2.35 bits per heavy atom. The molecule has 0 saturated carbocycles. The van der Waals surface area contributed by atoms with E-state index in [9.17, 15) is 0 Å². The van der Waals surface area contributed by atoms with Gasteiger partial charge in [0.2, 0.25) is 0 Å². The monoisotopic (exact) mass is 236 g/mol. The van der Waals surface area contributed by atoms with Crippen LogP contribution in [0.2, 0.25) is 0 Å². The van der Waals surface area contributed by atoms with Gasteiger partial charge in [0, 0.05) is 5.56 Å². The average Bonchev–Trinajstić information content (AvgIpc) is 2.40. The summed E-state index contributed by atoms with van der Waals surface area (Å²) in [6.07, 6.45) is 4.13. The van der Waals surface area contributed by atoms with Crippen LogP contribution in [0.1, 0.15) is 24.8 Å². The largest absolute Gasteiger partial charge is 0.493 e. The number of nitrogens with one attached hydrogen (secondary N) is 1. The molecule has 1 heterocycles. The van der Waals surface area contributed by atoms with Crippen LogP contribution >= 0.6 is 0 Å². The summed E-state index contributed by atoms with van der Waals surface area (Å²) in [5, 5.41) is 0. The normalized spacial score (nSPS) is 16.8. The minimum Gasteiger partial charge on any atom is -0.493 e. The van der Waals surface area contributed by atoms with E-state index in [0.717, 1.165) is 18.0 Å². The SMILES string of the molecule is COc1ccc(C[NH+]2CCCCC2)cc1OC. The summed E-state index contributed by atoms with van der Waals surface area (Å²) in [6, 6.07) is 6.24. The van der Waals surface area contributed by atoms with E-state index in [-0.39, 0.29) is 0 Å². The molecule has 1 aliphatic heterocycles. The molecule has 0 radical (unpaired) electrons. The topological polar surface area (TPSA) is 22.9 Å². The Morgan fingerprint density at radius 1 is 1.00 bits per heavy atom. The van der Waals surface area contributed by atoms with Gasteiger partial charge in [-0.05, 0) is 37.5 Å². The first kappa shape index (κ1) is 12.2. The predicted molar refractivity (Wildman–Crippen MR) is 67.8 cm³/mol. The maximum atomic E-state index is 5.33. The zero-order valence-electron chi connectivity index (χ0n) is 10.8. The molecule has 1 aromatic carbocycles. The third-order valence-corrected chi connectivity index (χ3v) is 3.46. The number of benzene rings is 1. The molecule has 0 spiro atoms. The van der Waals surface area contributed by atoms with Gasteiger partial charge < -0.3 is 14.4 Å². The van der Waals surface area contributed by atoms with Gasteiger partial charge in [-0.2, -0.15) is 0 Å². The van der Waals surface area contributed by atoms with E-state index in [4.69, 9.17) is 9.47 Å². The third kappa shape index (κ3) is 3.13. The zero-order valence-corrected chi connectivity index (χ0v) is 10.8. The van der Waals surface area contributed by atoms with Crippen molar-refractivity contribution >= 4 is 0 Å². The van der Waals surface area contributed by atoms with Gasteiger partial charge in [0.15, 0.2) is 11.5 Å². The fourth-order valence-corrected chi connectivity index (χ4v) is 2.51. The lowest BCUT2D eigenvalue weighted by molar-refractivity contribution is -0.918. The fourth-order valence-electron chi connectivity index (χ4n) is 2.51. The van der Waals surface area contributed by atoms with Gasteiger partial charge in [-0.1, -0.05) is 0 Å². The standard InChI is InChI=1S/C14H21NO2/c1-16-13-7-6-12(10-14(13)17-2)11-15-8-4-3-5-9-15/h6-7,10H,3-5,8-9,11H2,1-2H3/p+1. The second-order valence-corrected chi connectivity index (χ2v) is 4.68. The number of likely N-dealkylation sites (tertiary alicyclic amines) is 1. The highest BCUT2D eigenvalue weighted by atomic mass is 16.5. The first-order valence-corrected chi connectivity index (χ1v) is 6.38. The Bertz CT molecular complexity index is 359. The third-order valence-electron chi connectivity index (χ3n) is 3.46. The molecule has 0 atom stereocenters. The van der Waals surface area contributed by atoms with Gasteiger partial charge in [-0.15, -0.1) is 0 Å². The molecular formula is C14H22NO2+. The van der Waals surface area contributed by atoms with Crippen molar-refractivity contribution in [2.45, 2.75) is 25.8 Å². The Labute approximate surface area is 103 Å². The Balaban J connectivity index is 2.05. The summed E-state index contributed by atoms with van der Waals surface area (Å²) in [6.45, 7) is 3.70. The molecule has 1 aromatic rings. The zero-order chi connectivity index (χ0) is 12.1. The van der Waals surface area contributed by atoms with Crippen molar-refractivity contribution in [2.24, 2.45) is 0 Å². The number of quaternary nitrogens is 1. The highest BCUT2D eigenvalue weighted by Crippen LogP contribution is 2.27. The molecule has 1 saturated heterocycles. The number of rotatable bonds is 4. The lowest BCUT2D eigenvalue weighted by Gasteiger charge is -2.23. The summed E-state index contributed by atoms with van der Waals surface area (Å²) in [7, 11) is 3.36.